The van der Waals surface area contributed by atoms with Crippen LogP contribution in [0, 0.1) is 0 Å². The summed E-state index contributed by atoms with van der Waals surface area (Å²) >= 11 is 0. The van der Waals surface area contributed by atoms with Crippen molar-refractivity contribution in [1.29, 1.82) is 0 Å². The highest BCUT2D eigenvalue weighted by Crippen LogP contribution is 2.60. The molecule has 1 saturated heterocycles. The summed E-state index contributed by atoms with van der Waals surface area (Å²) in [5, 5.41) is 0. The Labute approximate surface area is 94.7 Å². The van der Waals surface area contributed by atoms with Gasteiger partial charge in [0.15, 0.2) is 0 Å². The third-order valence-corrected chi connectivity index (χ3v) is 1.97. The summed E-state index contributed by atoms with van der Waals surface area (Å²) in [4.78, 5) is -6.89. The molecule has 19 heavy (non-hydrogen) atoms. The van der Waals surface area contributed by atoms with Gasteiger partial charge in [-0.2, -0.15) is 52.7 Å². The minimum absolute atomic E-state index is 3.44. The molecule has 0 saturated carbocycles. The van der Waals surface area contributed by atoms with Crippen LogP contribution in [-0.4, -0.2) is 40.7 Å². The lowest BCUT2D eigenvalue weighted by Crippen LogP contribution is -2.58. The Kier molecular flexibility index (Phi) is 3.05. The molecule has 1 fully saturated rings. The van der Waals surface area contributed by atoms with Crippen LogP contribution in [0.15, 0.2) is 0 Å². The van der Waals surface area contributed by atoms with Crippen LogP contribution in [0.25, 0.3) is 0 Å². The first kappa shape index (κ1) is 16.1. The zero-order chi connectivity index (χ0) is 15.7. The Morgan fingerprint density at radius 2 is 0.737 bits per heavy atom. The summed E-state index contributed by atoms with van der Waals surface area (Å²) < 4.78 is 147. The molecule has 1 aliphatic heterocycles. The predicted octanol–water partition coefficient (Wildman–Crippen LogP) is 3.38. The van der Waals surface area contributed by atoms with Crippen molar-refractivity contribution in [3.05, 3.63) is 0 Å². The number of hydrogen-bond donors (Lipinski definition) is 0. The fraction of sp³-hybridized carbons (Fsp3) is 1.00. The molecule has 0 aliphatic carbocycles. The second kappa shape index (κ2) is 3.59. The van der Waals surface area contributed by atoms with Gasteiger partial charge in [-0.1, -0.05) is 9.80 Å². The lowest BCUT2D eigenvalue weighted by atomic mass is 10.4. The fourth-order valence-electron chi connectivity index (χ4n) is 1.33. The van der Waals surface area contributed by atoms with Crippen LogP contribution in [0.1, 0.15) is 0 Å². The van der Waals surface area contributed by atoms with Gasteiger partial charge in [0.2, 0.25) is 0 Å². The molecule has 0 bridgehead atoms. The summed E-state index contributed by atoms with van der Waals surface area (Å²) in [5.74, 6) is 0. The van der Waals surface area contributed by atoms with Crippen molar-refractivity contribution < 1.29 is 52.7 Å². The zero-order valence-electron chi connectivity index (χ0n) is 7.93. The first-order chi connectivity index (χ1) is 7.98. The topological polar surface area (TPSA) is 6.48 Å². The summed E-state index contributed by atoms with van der Waals surface area (Å²) in [6.45, 7) is 0. The molecule has 1 aliphatic rings. The van der Waals surface area contributed by atoms with Crippen molar-refractivity contribution in [1.82, 2.24) is 9.80 Å². The van der Waals surface area contributed by atoms with E-state index >= 15 is 0 Å². The maximum absolute atomic E-state index is 12.7. The normalized spacial score (nSPS) is 27.8. The molecule has 0 amide bonds. The largest absolute Gasteiger partial charge is 0.470 e. The van der Waals surface area contributed by atoms with Gasteiger partial charge >= 0.3 is 30.9 Å². The second-order valence-corrected chi connectivity index (χ2v) is 3.20. The highest BCUT2D eigenvalue weighted by molar-refractivity contribution is 5.00. The molecular formula is C5F12N2. The predicted molar refractivity (Wildman–Crippen MR) is 30.6 cm³/mol. The molecule has 114 valence electrons. The smallest absolute Gasteiger partial charge is 0.179 e. The summed E-state index contributed by atoms with van der Waals surface area (Å²) in [5.41, 5.74) is 0. The lowest BCUT2D eigenvalue weighted by Gasteiger charge is -2.30. The first-order valence-corrected chi connectivity index (χ1v) is 3.86. The molecular weight excluding hydrogens is 316 g/mol. The third-order valence-electron chi connectivity index (χ3n) is 1.97. The average Bonchev–Trinajstić information content (AvgIpc) is 2.02. The van der Waals surface area contributed by atoms with Gasteiger partial charge in [0, 0.05) is 0 Å². The molecule has 0 spiro atoms. The van der Waals surface area contributed by atoms with Crippen LogP contribution in [-0.2, 0) is 0 Å². The van der Waals surface area contributed by atoms with Gasteiger partial charge in [-0.15, -0.1) is 0 Å². The van der Waals surface area contributed by atoms with Gasteiger partial charge in [-0.25, -0.2) is 0 Å². The van der Waals surface area contributed by atoms with Crippen LogP contribution < -0.4 is 0 Å². The fourth-order valence-corrected chi connectivity index (χ4v) is 1.33. The molecule has 14 heteroatoms. The first-order valence-electron chi connectivity index (χ1n) is 3.86. The molecule has 0 N–H and O–H groups in total. The van der Waals surface area contributed by atoms with Crippen molar-refractivity contribution in [3.63, 3.8) is 0 Å². The van der Waals surface area contributed by atoms with E-state index in [-0.39, 0.29) is 0 Å². The standard InChI is InChI=1S/C5F12N2/c6-1(7)2(8,9)19(4(13,14)15)5(16,17)18(1)3(10,11)12. The molecule has 0 radical (unpaired) electrons. The van der Waals surface area contributed by atoms with Crippen molar-refractivity contribution in [2.75, 3.05) is 0 Å². The second-order valence-electron chi connectivity index (χ2n) is 3.20. The lowest BCUT2D eigenvalue weighted by molar-refractivity contribution is -0.422. The molecule has 0 aromatic carbocycles. The minimum Gasteiger partial charge on any atom is -0.179 e. The van der Waals surface area contributed by atoms with Crippen LogP contribution >= 0.6 is 0 Å². The molecule has 0 aromatic heterocycles. The van der Waals surface area contributed by atoms with Gasteiger partial charge in [0.25, 0.3) is 0 Å². The molecule has 0 aromatic rings. The quantitative estimate of drug-likeness (QED) is 0.499. The van der Waals surface area contributed by atoms with Crippen LogP contribution in [0.4, 0.5) is 52.7 Å². The number of alkyl halides is 12. The van der Waals surface area contributed by atoms with Gasteiger partial charge in [-0.3, -0.25) is 0 Å². The number of halogens is 12. The summed E-state index contributed by atoms with van der Waals surface area (Å²) in [7, 11) is 0. The zero-order valence-corrected chi connectivity index (χ0v) is 7.93. The molecule has 1 heterocycles. The summed E-state index contributed by atoms with van der Waals surface area (Å²) in [6, 6.07) is -13.6. The van der Waals surface area contributed by atoms with E-state index < -0.39 is 40.7 Å². The van der Waals surface area contributed by atoms with Crippen LogP contribution in [0.3, 0.4) is 0 Å². The van der Waals surface area contributed by atoms with Crippen molar-refractivity contribution in [3.8, 4) is 0 Å². The van der Waals surface area contributed by atoms with Crippen molar-refractivity contribution >= 4 is 0 Å². The SMILES string of the molecule is FC(F)(F)N1C(F)(F)N(C(F)(F)F)C(F)(F)C1(F)F. The average molecular weight is 316 g/mol. The number of rotatable bonds is 0. The Morgan fingerprint density at radius 1 is 0.526 bits per heavy atom. The van der Waals surface area contributed by atoms with Gasteiger partial charge in [0.1, 0.15) is 0 Å². The maximum atomic E-state index is 12.7. The highest BCUT2D eigenvalue weighted by Gasteiger charge is 2.90. The van der Waals surface area contributed by atoms with Gasteiger partial charge < -0.3 is 0 Å². The minimum atomic E-state index is -6.84. The molecule has 0 unspecified atom stereocenters. The van der Waals surface area contributed by atoms with Crippen LogP contribution in [0.2, 0.25) is 0 Å². The van der Waals surface area contributed by atoms with Gasteiger partial charge in [0.05, 0.1) is 0 Å². The van der Waals surface area contributed by atoms with Gasteiger partial charge in [-0.05, 0) is 0 Å². The molecule has 2 nitrogen and oxygen atoms in total. The molecule has 0 atom stereocenters. The van der Waals surface area contributed by atoms with E-state index in [1.54, 1.807) is 0 Å². The van der Waals surface area contributed by atoms with E-state index in [9.17, 15) is 52.7 Å². The van der Waals surface area contributed by atoms with E-state index in [1.807, 2.05) is 0 Å². The Bertz CT molecular complexity index is 331. The third kappa shape index (κ3) is 2.00. The number of hydrogen-bond acceptors (Lipinski definition) is 2. The highest BCUT2D eigenvalue weighted by atomic mass is 19.4. The summed E-state index contributed by atoms with van der Waals surface area (Å²) in [6.07, 6.45) is -20.4. The van der Waals surface area contributed by atoms with Crippen LogP contribution in [0.5, 0.6) is 0 Å². The molecule has 1 rings (SSSR count). The van der Waals surface area contributed by atoms with E-state index in [4.69, 9.17) is 0 Å². The van der Waals surface area contributed by atoms with Crippen molar-refractivity contribution in [2.24, 2.45) is 0 Å². The van der Waals surface area contributed by atoms with E-state index in [2.05, 4.69) is 0 Å². The Balaban J connectivity index is 3.56. The number of nitrogens with zero attached hydrogens (tertiary/aromatic N) is 2. The van der Waals surface area contributed by atoms with Crippen molar-refractivity contribution in [2.45, 2.75) is 30.9 Å². The monoisotopic (exact) mass is 316 g/mol. The van der Waals surface area contributed by atoms with E-state index in [0.29, 0.717) is 0 Å². The Morgan fingerprint density at radius 3 is 0.842 bits per heavy atom. The maximum Gasteiger partial charge on any atom is 0.470 e. The Hall–Kier alpha value is -0.920. The van der Waals surface area contributed by atoms with E-state index in [1.165, 1.54) is 0 Å². The van der Waals surface area contributed by atoms with E-state index in [0.717, 1.165) is 0 Å².